The summed E-state index contributed by atoms with van der Waals surface area (Å²) in [5.41, 5.74) is 0.214. The lowest BCUT2D eigenvalue weighted by molar-refractivity contribution is -0.257. The third kappa shape index (κ3) is 1.67. The lowest BCUT2D eigenvalue weighted by Crippen LogP contribution is -2.47. The highest BCUT2D eigenvalue weighted by Gasteiger charge is 2.41. The second-order valence-corrected chi connectivity index (χ2v) is 4.49. The van der Waals surface area contributed by atoms with Crippen molar-refractivity contribution in [2.75, 3.05) is 18.1 Å². The average molecular weight is 241 g/mol. The van der Waals surface area contributed by atoms with Gasteiger partial charge in [0.2, 0.25) is 5.95 Å². The minimum absolute atomic E-state index is 0.0167. The number of hydrogen-bond acceptors (Lipinski definition) is 4. The van der Waals surface area contributed by atoms with Crippen LogP contribution < -0.4 is 4.90 Å². The quantitative estimate of drug-likeness (QED) is 0.750. The Morgan fingerprint density at radius 2 is 2.35 bits per heavy atom. The van der Waals surface area contributed by atoms with Crippen molar-refractivity contribution in [1.82, 2.24) is 9.97 Å². The fourth-order valence-corrected chi connectivity index (χ4v) is 2.14. The van der Waals surface area contributed by atoms with E-state index in [2.05, 4.69) is 14.7 Å². The van der Waals surface area contributed by atoms with E-state index < -0.39 is 6.11 Å². The second kappa shape index (κ2) is 3.60. The standard InChI is InChI=1S/C11H13F2N3O/c1-7-2-4-16(7)10-14-6-8-3-5-17-11(12,13)9(8)15-10/h6-7H,2-5H2,1H3/t7-/m0/s1. The molecule has 2 aliphatic heterocycles. The Bertz CT molecular complexity index is 452. The van der Waals surface area contributed by atoms with Gasteiger partial charge in [0.25, 0.3) is 0 Å². The van der Waals surface area contributed by atoms with Crippen LogP contribution >= 0.6 is 0 Å². The van der Waals surface area contributed by atoms with Crippen LogP contribution in [0.2, 0.25) is 0 Å². The number of rotatable bonds is 1. The van der Waals surface area contributed by atoms with Gasteiger partial charge in [0.15, 0.2) is 0 Å². The van der Waals surface area contributed by atoms with Gasteiger partial charge >= 0.3 is 6.11 Å². The van der Waals surface area contributed by atoms with Crippen LogP contribution in [0, 0.1) is 0 Å². The van der Waals surface area contributed by atoms with Gasteiger partial charge in [0.1, 0.15) is 5.69 Å². The number of ether oxygens (including phenoxy) is 1. The second-order valence-electron chi connectivity index (χ2n) is 4.49. The Morgan fingerprint density at radius 3 is 3.00 bits per heavy atom. The van der Waals surface area contributed by atoms with E-state index in [1.165, 1.54) is 6.20 Å². The molecule has 2 aliphatic rings. The van der Waals surface area contributed by atoms with Crippen molar-refractivity contribution in [1.29, 1.82) is 0 Å². The van der Waals surface area contributed by atoms with E-state index in [0.717, 1.165) is 13.0 Å². The van der Waals surface area contributed by atoms with Crippen LogP contribution in [0.1, 0.15) is 24.6 Å². The first-order valence-corrected chi connectivity index (χ1v) is 5.73. The van der Waals surface area contributed by atoms with Gasteiger partial charge in [0.05, 0.1) is 6.61 Å². The molecule has 0 aliphatic carbocycles. The highest BCUT2D eigenvalue weighted by molar-refractivity contribution is 5.38. The van der Waals surface area contributed by atoms with Crippen molar-refractivity contribution < 1.29 is 13.5 Å². The molecule has 0 radical (unpaired) electrons. The highest BCUT2D eigenvalue weighted by atomic mass is 19.3. The summed E-state index contributed by atoms with van der Waals surface area (Å²) in [6.07, 6.45) is -0.285. The first kappa shape index (κ1) is 10.8. The number of alkyl halides is 2. The molecular weight excluding hydrogens is 228 g/mol. The molecule has 1 fully saturated rings. The topological polar surface area (TPSA) is 38.2 Å². The fourth-order valence-electron chi connectivity index (χ4n) is 2.14. The molecule has 0 bridgehead atoms. The van der Waals surface area contributed by atoms with E-state index in [-0.39, 0.29) is 12.3 Å². The number of fused-ring (bicyclic) bond motifs is 1. The van der Waals surface area contributed by atoms with Crippen LogP contribution in [0.4, 0.5) is 14.7 Å². The maximum Gasteiger partial charge on any atom is 0.400 e. The van der Waals surface area contributed by atoms with Gasteiger partial charge in [0, 0.05) is 24.3 Å². The Morgan fingerprint density at radius 1 is 1.53 bits per heavy atom. The molecule has 4 nitrogen and oxygen atoms in total. The summed E-state index contributed by atoms with van der Waals surface area (Å²) in [6, 6.07) is 0.325. The molecule has 1 aromatic rings. The third-order valence-electron chi connectivity index (χ3n) is 3.36. The summed E-state index contributed by atoms with van der Waals surface area (Å²) < 4.78 is 31.5. The Kier molecular flexibility index (Phi) is 2.29. The molecule has 17 heavy (non-hydrogen) atoms. The third-order valence-corrected chi connectivity index (χ3v) is 3.36. The zero-order valence-corrected chi connectivity index (χ0v) is 9.49. The molecule has 0 amide bonds. The highest BCUT2D eigenvalue weighted by Crippen LogP contribution is 2.35. The molecule has 0 saturated carbocycles. The number of aromatic nitrogens is 2. The summed E-state index contributed by atoms with van der Waals surface area (Å²) in [5, 5.41) is 0. The number of nitrogens with zero attached hydrogens (tertiary/aromatic N) is 3. The number of hydrogen-bond donors (Lipinski definition) is 0. The van der Waals surface area contributed by atoms with Gasteiger partial charge in [-0.3, -0.25) is 0 Å². The van der Waals surface area contributed by atoms with Crippen molar-refractivity contribution >= 4 is 5.95 Å². The molecule has 0 unspecified atom stereocenters. The molecule has 6 heteroatoms. The molecule has 0 spiro atoms. The predicted molar refractivity (Wildman–Crippen MR) is 57.0 cm³/mol. The van der Waals surface area contributed by atoms with Crippen molar-refractivity contribution in [2.45, 2.75) is 31.9 Å². The SMILES string of the molecule is C[C@H]1CCN1c1ncc2c(n1)C(F)(F)OCC2. The van der Waals surface area contributed by atoms with Gasteiger partial charge in [-0.1, -0.05) is 0 Å². The van der Waals surface area contributed by atoms with Crippen molar-refractivity contribution in [2.24, 2.45) is 0 Å². The van der Waals surface area contributed by atoms with E-state index >= 15 is 0 Å². The summed E-state index contributed by atoms with van der Waals surface area (Å²) >= 11 is 0. The summed E-state index contributed by atoms with van der Waals surface area (Å²) in [4.78, 5) is 10.1. The van der Waals surface area contributed by atoms with Crippen molar-refractivity contribution in [3.8, 4) is 0 Å². The van der Waals surface area contributed by atoms with Crippen molar-refractivity contribution in [3.05, 3.63) is 17.5 Å². The Labute approximate surface area is 97.6 Å². The molecule has 1 atom stereocenters. The monoisotopic (exact) mass is 241 g/mol. The van der Waals surface area contributed by atoms with E-state index in [1.54, 1.807) is 0 Å². The first-order valence-electron chi connectivity index (χ1n) is 5.73. The predicted octanol–water partition coefficient (Wildman–Crippen LogP) is 1.70. The van der Waals surface area contributed by atoms with Crippen LogP contribution in [0.15, 0.2) is 6.20 Å². The molecule has 92 valence electrons. The minimum atomic E-state index is -3.28. The number of anilines is 1. The van der Waals surface area contributed by atoms with Crippen LogP contribution in [0.3, 0.4) is 0 Å². The summed E-state index contributed by atoms with van der Waals surface area (Å²) in [7, 11) is 0. The number of halogens is 2. The lowest BCUT2D eigenvalue weighted by Gasteiger charge is -2.39. The van der Waals surface area contributed by atoms with Crippen LogP contribution in [-0.4, -0.2) is 29.2 Å². The van der Waals surface area contributed by atoms with Crippen molar-refractivity contribution in [3.63, 3.8) is 0 Å². The zero-order chi connectivity index (χ0) is 12.0. The molecule has 3 heterocycles. The van der Waals surface area contributed by atoms with E-state index in [1.807, 2.05) is 11.8 Å². The minimum Gasteiger partial charge on any atom is -0.338 e. The largest absolute Gasteiger partial charge is 0.400 e. The van der Waals surface area contributed by atoms with Crippen LogP contribution in [0.25, 0.3) is 0 Å². The van der Waals surface area contributed by atoms with Gasteiger partial charge in [-0.15, -0.1) is 0 Å². The maximum absolute atomic E-state index is 13.5. The molecule has 0 aromatic carbocycles. The van der Waals surface area contributed by atoms with Crippen LogP contribution in [-0.2, 0) is 17.3 Å². The lowest BCUT2D eigenvalue weighted by atomic mass is 10.1. The fraction of sp³-hybridized carbons (Fsp3) is 0.636. The van der Waals surface area contributed by atoms with E-state index in [4.69, 9.17) is 0 Å². The molecule has 0 N–H and O–H groups in total. The summed E-state index contributed by atoms with van der Waals surface area (Å²) in [6.45, 7) is 2.87. The zero-order valence-electron chi connectivity index (χ0n) is 9.49. The first-order chi connectivity index (χ1) is 8.08. The normalized spacial score (nSPS) is 26.3. The molecule has 1 saturated heterocycles. The van der Waals surface area contributed by atoms with Gasteiger partial charge in [-0.2, -0.15) is 8.78 Å². The maximum atomic E-state index is 13.5. The Balaban J connectivity index is 1.99. The molecule has 3 rings (SSSR count). The van der Waals surface area contributed by atoms with E-state index in [0.29, 0.717) is 24.0 Å². The molecular formula is C11H13F2N3O. The van der Waals surface area contributed by atoms with Crippen LogP contribution in [0.5, 0.6) is 0 Å². The van der Waals surface area contributed by atoms with E-state index in [9.17, 15) is 8.78 Å². The summed E-state index contributed by atoms with van der Waals surface area (Å²) in [5.74, 6) is 0.382. The Hall–Kier alpha value is -1.30. The van der Waals surface area contributed by atoms with Gasteiger partial charge in [-0.05, 0) is 19.8 Å². The molecule has 1 aromatic heterocycles. The smallest absolute Gasteiger partial charge is 0.338 e. The van der Waals surface area contributed by atoms with Gasteiger partial charge < -0.3 is 9.64 Å². The average Bonchev–Trinajstić information content (AvgIpc) is 2.28. The van der Waals surface area contributed by atoms with Gasteiger partial charge in [-0.25, -0.2) is 9.97 Å².